The first-order valence-corrected chi connectivity index (χ1v) is 6.41. The van der Waals surface area contributed by atoms with Gasteiger partial charge in [-0.2, -0.15) is 5.10 Å². The molecule has 1 aromatic heterocycles. The SMILES string of the molecule is C=C1CC(c2ccccc2F)=NN1C(=O)c1ccncc1. The first-order chi connectivity index (χ1) is 10.2. The van der Waals surface area contributed by atoms with Crippen LogP contribution in [0, 0.1) is 5.82 Å². The molecule has 1 amide bonds. The Labute approximate surface area is 121 Å². The number of pyridine rings is 1. The second kappa shape index (κ2) is 5.28. The number of hydrogen-bond acceptors (Lipinski definition) is 3. The summed E-state index contributed by atoms with van der Waals surface area (Å²) in [7, 11) is 0. The number of nitrogens with zero attached hydrogens (tertiary/aromatic N) is 3. The van der Waals surface area contributed by atoms with Crippen LogP contribution in [0.2, 0.25) is 0 Å². The number of carbonyl (C=O) groups is 1. The van der Waals surface area contributed by atoms with Crippen molar-refractivity contribution in [2.24, 2.45) is 5.10 Å². The van der Waals surface area contributed by atoms with Crippen LogP contribution in [0.3, 0.4) is 0 Å². The van der Waals surface area contributed by atoms with Crippen LogP contribution in [0.5, 0.6) is 0 Å². The fraction of sp³-hybridized carbons (Fsp3) is 0.0625. The highest BCUT2D eigenvalue weighted by atomic mass is 19.1. The molecule has 0 saturated heterocycles. The molecule has 0 unspecified atom stereocenters. The standard InChI is InChI=1S/C16H12FN3O/c1-11-10-15(13-4-2-3-5-14(13)17)19-20(11)16(21)12-6-8-18-9-7-12/h2-9H,1,10H2. The topological polar surface area (TPSA) is 45.6 Å². The van der Waals surface area contributed by atoms with E-state index in [-0.39, 0.29) is 11.7 Å². The maximum absolute atomic E-state index is 13.8. The van der Waals surface area contributed by atoms with Crippen molar-refractivity contribution in [3.8, 4) is 0 Å². The molecule has 2 aromatic rings. The van der Waals surface area contributed by atoms with Gasteiger partial charge in [0.2, 0.25) is 0 Å². The van der Waals surface area contributed by atoms with E-state index in [4.69, 9.17) is 0 Å². The van der Waals surface area contributed by atoms with Crippen LogP contribution in [0.15, 0.2) is 66.2 Å². The number of amides is 1. The van der Waals surface area contributed by atoms with Crippen LogP contribution in [0.4, 0.5) is 4.39 Å². The van der Waals surface area contributed by atoms with Crippen molar-refractivity contribution in [1.82, 2.24) is 9.99 Å². The molecule has 0 atom stereocenters. The van der Waals surface area contributed by atoms with Crippen molar-refractivity contribution in [3.05, 3.63) is 78.0 Å². The molecule has 0 fully saturated rings. The van der Waals surface area contributed by atoms with Crippen LogP contribution >= 0.6 is 0 Å². The summed E-state index contributed by atoms with van der Waals surface area (Å²) in [6.45, 7) is 3.84. The van der Waals surface area contributed by atoms with Gasteiger partial charge in [0.25, 0.3) is 5.91 Å². The molecule has 0 spiro atoms. The van der Waals surface area contributed by atoms with E-state index >= 15 is 0 Å². The Kier molecular flexibility index (Phi) is 3.31. The van der Waals surface area contributed by atoms with Gasteiger partial charge in [-0.25, -0.2) is 9.40 Å². The Morgan fingerprint density at radius 2 is 1.90 bits per heavy atom. The summed E-state index contributed by atoms with van der Waals surface area (Å²) in [4.78, 5) is 16.2. The second-order valence-electron chi connectivity index (χ2n) is 4.62. The van der Waals surface area contributed by atoms with Crippen molar-refractivity contribution in [2.45, 2.75) is 6.42 Å². The lowest BCUT2D eigenvalue weighted by molar-refractivity contribution is 0.0816. The zero-order valence-electron chi connectivity index (χ0n) is 11.2. The molecule has 1 aromatic carbocycles. The number of hydrazone groups is 1. The van der Waals surface area contributed by atoms with E-state index in [1.807, 2.05) is 0 Å². The number of rotatable bonds is 2. The van der Waals surface area contributed by atoms with E-state index in [1.165, 1.54) is 23.5 Å². The summed E-state index contributed by atoms with van der Waals surface area (Å²) in [6.07, 6.45) is 3.42. The minimum atomic E-state index is -0.359. The van der Waals surface area contributed by atoms with Crippen molar-refractivity contribution in [2.75, 3.05) is 0 Å². The van der Waals surface area contributed by atoms with Gasteiger partial charge in [-0.3, -0.25) is 9.78 Å². The molecular formula is C16H12FN3O. The summed E-state index contributed by atoms with van der Waals surface area (Å²) in [5.41, 5.74) is 1.88. The van der Waals surface area contributed by atoms with E-state index in [9.17, 15) is 9.18 Å². The minimum absolute atomic E-state index is 0.297. The number of carbonyl (C=O) groups excluding carboxylic acids is 1. The summed E-state index contributed by atoms with van der Waals surface area (Å²) in [6, 6.07) is 9.56. The Morgan fingerprint density at radius 3 is 2.62 bits per heavy atom. The second-order valence-corrected chi connectivity index (χ2v) is 4.62. The molecule has 2 heterocycles. The van der Waals surface area contributed by atoms with Crippen molar-refractivity contribution in [3.63, 3.8) is 0 Å². The largest absolute Gasteiger partial charge is 0.278 e. The average Bonchev–Trinajstić information content (AvgIpc) is 2.89. The molecule has 21 heavy (non-hydrogen) atoms. The fourth-order valence-electron chi connectivity index (χ4n) is 2.15. The summed E-state index contributed by atoms with van der Waals surface area (Å²) in [5, 5.41) is 5.44. The van der Waals surface area contributed by atoms with Gasteiger partial charge >= 0.3 is 0 Å². The van der Waals surface area contributed by atoms with Crippen molar-refractivity contribution < 1.29 is 9.18 Å². The molecule has 104 valence electrons. The van der Waals surface area contributed by atoms with Crippen LogP contribution in [0.25, 0.3) is 0 Å². The van der Waals surface area contributed by atoms with Crippen LogP contribution in [0.1, 0.15) is 22.3 Å². The average molecular weight is 281 g/mol. The van der Waals surface area contributed by atoms with Crippen LogP contribution < -0.4 is 0 Å². The van der Waals surface area contributed by atoms with Gasteiger partial charge in [0, 0.05) is 35.6 Å². The fourth-order valence-corrected chi connectivity index (χ4v) is 2.15. The van der Waals surface area contributed by atoms with Crippen LogP contribution in [-0.2, 0) is 0 Å². The van der Waals surface area contributed by atoms with E-state index in [0.717, 1.165) is 0 Å². The number of aromatic nitrogens is 1. The van der Waals surface area contributed by atoms with Gasteiger partial charge in [0.1, 0.15) is 5.82 Å². The van der Waals surface area contributed by atoms with E-state index in [0.29, 0.717) is 29.0 Å². The molecule has 5 heteroatoms. The quantitative estimate of drug-likeness (QED) is 0.849. The predicted molar refractivity (Wildman–Crippen MR) is 77.1 cm³/mol. The highest BCUT2D eigenvalue weighted by Gasteiger charge is 2.27. The Balaban J connectivity index is 1.93. The van der Waals surface area contributed by atoms with Crippen molar-refractivity contribution in [1.29, 1.82) is 0 Å². The predicted octanol–water partition coefficient (Wildman–Crippen LogP) is 2.98. The summed E-state index contributed by atoms with van der Waals surface area (Å²) < 4.78 is 13.8. The van der Waals surface area contributed by atoms with E-state index in [1.54, 1.807) is 30.3 Å². The van der Waals surface area contributed by atoms with Gasteiger partial charge in [-0.1, -0.05) is 24.8 Å². The lowest BCUT2D eigenvalue weighted by atomic mass is 10.1. The van der Waals surface area contributed by atoms with E-state index in [2.05, 4.69) is 16.7 Å². The molecule has 0 radical (unpaired) electrons. The highest BCUT2D eigenvalue weighted by Crippen LogP contribution is 2.24. The van der Waals surface area contributed by atoms with Gasteiger partial charge in [-0.15, -0.1) is 0 Å². The molecule has 0 bridgehead atoms. The molecule has 3 rings (SSSR count). The Bertz CT molecular complexity index is 740. The maximum atomic E-state index is 13.8. The maximum Gasteiger partial charge on any atom is 0.278 e. The van der Waals surface area contributed by atoms with Gasteiger partial charge < -0.3 is 0 Å². The third-order valence-corrected chi connectivity index (χ3v) is 3.20. The van der Waals surface area contributed by atoms with Gasteiger partial charge in [0.15, 0.2) is 0 Å². The number of hydrogen-bond donors (Lipinski definition) is 0. The lowest BCUT2D eigenvalue weighted by Gasteiger charge is -2.12. The first kappa shape index (κ1) is 13.2. The minimum Gasteiger partial charge on any atom is -0.267 e. The molecule has 0 saturated carbocycles. The first-order valence-electron chi connectivity index (χ1n) is 6.41. The zero-order valence-corrected chi connectivity index (χ0v) is 11.2. The zero-order chi connectivity index (χ0) is 14.8. The molecule has 1 aliphatic rings. The normalized spacial score (nSPS) is 14.2. The number of allylic oxidation sites excluding steroid dienone is 1. The molecular weight excluding hydrogens is 269 g/mol. The third kappa shape index (κ3) is 2.45. The number of benzene rings is 1. The van der Waals surface area contributed by atoms with E-state index < -0.39 is 0 Å². The molecule has 4 nitrogen and oxygen atoms in total. The summed E-state index contributed by atoms with van der Waals surface area (Å²) in [5.74, 6) is -0.656. The highest BCUT2D eigenvalue weighted by molar-refractivity contribution is 6.06. The number of halogens is 1. The lowest BCUT2D eigenvalue weighted by Crippen LogP contribution is -2.21. The monoisotopic (exact) mass is 281 g/mol. The third-order valence-electron chi connectivity index (χ3n) is 3.20. The van der Waals surface area contributed by atoms with Crippen molar-refractivity contribution >= 4 is 11.6 Å². The Morgan fingerprint density at radius 1 is 1.19 bits per heavy atom. The van der Waals surface area contributed by atoms with Gasteiger partial charge in [0.05, 0.1) is 5.71 Å². The smallest absolute Gasteiger partial charge is 0.267 e. The summed E-state index contributed by atoms with van der Waals surface area (Å²) >= 11 is 0. The van der Waals surface area contributed by atoms with Gasteiger partial charge in [-0.05, 0) is 18.2 Å². The Hall–Kier alpha value is -2.82. The molecule has 0 aliphatic carbocycles. The molecule has 1 aliphatic heterocycles. The van der Waals surface area contributed by atoms with Crippen LogP contribution in [-0.4, -0.2) is 21.6 Å². The molecule has 0 N–H and O–H groups in total.